The van der Waals surface area contributed by atoms with E-state index in [9.17, 15) is 23.3 Å². The van der Waals surface area contributed by atoms with Crippen molar-refractivity contribution in [1.29, 1.82) is 5.26 Å². The number of hydrogen-bond acceptors (Lipinski definition) is 9. The van der Waals surface area contributed by atoms with Gasteiger partial charge in [-0.2, -0.15) is 5.26 Å². The Labute approximate surface area is 209 Å². The van der Waals surface area contributed by atoms with E-state index in [0.29, 0.717) is 12.0 Å². The predicted molar refractivity (Wildman–Crippen MR) is 131 cm³/mol. The smallest absolute Gasteiger partial charge is 0.355 e. The van der Waals surface area contributed by atoms with Crippen molar-refractivity contribution < 1.29 is 27.5 Å². The summed E-state index contributed by atoms with van der Waals surface area (Å²) in [6, 6.07) is 16.4. The molecule has 0 aromatic heterocycles. The van der Waals surface area contributed by atoms with Gasteiger partial charge >= 0.3 is 11.9 Å². The number of ether oxygens (including phenoxy) is 2. The lowest BCUT2D eigenvalue weighted by Gasteiger charge is -2.36. The zero-order chi connectivity index (χ0) is 26.5. The van der Waals surface area contributed by atoms with Crippen LogP contribution in [0.5, 0.6) is 0 Å². The highest BCUT2D eigenvalue weighted by Gasteiger charge is 2.44. The summed E-state index contributed by atoms with van der Waals surface area (Å²) >= 11 is 0. The van der Waals surface area contributed by atoms with Crippen LogP contribution in [0, 0.1) is 11.3 Å². The van der Waals surface area contributed by atoms with Gasteiger partial charge in [0.05, 0.1) is 43.0 Å². The largest absolute Gasteiger partial charge is 0.466 e. The Bertz CT molecular complexity index is 1380. The highest BCUT2D eigenvalue weighted by molar-refractivity contribution is 7.89. The average molecular weight is 511 g/mol. The maximum Gasteiger partial charge on any atom is 0.355 e. The van der Waals surface area contributed by atoms with E-state index in [-0.39, 0.29) is 39.8 Å². The Morgan fingerprint density at radius 3 is 2.25 bits per heavy atom. The molecule has 11 heteroatoms. The molecule has 3 rings (SSSR count). The van der Waals surface area contributed by atoms with E-state index in [4.69, 9.17) is 15.2 Å². The number of nitriles is 1. The number of nitrogens with one attached hydrogen (secondary N) is 1. The summed E-state index contributed by atoms with van der Waals surface area (Å²) in [6.07, 6.45) is 0.546. The minimum atomic E-state index is -4.06. The number of carbonyl (C=O) groups is 2. The quantitative estimate of drug-likeness (QED) is 0.509. The Balaban J connectivity index is 2.44. The number of carbonyl (C=O) groups excluding carboxylic acids is 2. The predicted octanol–water partition coefficient (Wildman–Crippen LogP) is 2.27. The van der Waals surface area contributed by atoms with Crippen LogP contribution < -0.4 is 15.4 Å². The van der Waals surface area contributed by atoms with Gasteiger partial charge < -0.3 is 15.2 Å². The van der Waals surface area contributed by atoms with Crippen molar-refractivity contribution in [3.63, 3.8) is 0 Å². The number of anilines is 1. The molecule has 1 atom stereocenters. The molecule has 0 amide bonds. The van der Waals surface area contributed by atoms with E-state index < -0.39 is 27.9 Å². The number of allylic oxidation sites excluding steroid dienone is 1. The first-order valence-corrected chi connectivity index (χ1v) is 12.5. The van der Waals surface area contributed by atoms with Crippen molar-refractivity contribution in [2.45, 2.75) is 24.2 Å². The monoisotopic (exact) mass is 510 g/mol. The minimum Gasteiger partial charge on any atom is -0.466 e. The summed E-state index contributed by atoms with van der Waals surface area (Å²) in [7, 11) is -1.81. The second-order valence-corrected chi connectivity index (χ2v) is 9.44. The van der Waals surface area contributed by atoms with Crippen LogP contribution >= 0.6 is 0 Å². The maximum absolute atomic E-state index is 13.2. The molecule has 2 aromatic carbocycles. The molecular weight excluding hydrogens is 484 g/mol. The van der Waals surface area contributed by atoms with E-state index in [2.05, 4.69) is 4.72 Å². The van der Waals surface area contributed by atoms with Crippen molar-refractivity contribution >= 4 is 27.6 Å². The molecule has 1 unspecified atom stereocenters. The first-order chi connectivity index (χ1) is 17.2. The first-order valence-electron chi connectivity index (χ1n) is 11.0. The fourth-order valence-electron chi connectivity index (χ4n) is 3.95. The average Bonchev–Trinajstić information content (AvgIpc) is 2.90. The van der Waals surface area contributed by atoms with Crippen LogP contribution in [0.15, 0.2) is 82.2 Å². The summed E-state index contributed by atoms with van der Waals surface area (Å²) in [4.78, 5) is 27.2. The molecule has 1 aliphatic heterocycles. The normalized spacial score (nSPS) is 15.9. The number of para-hydroxylation sites is 1. The minimum absolute atomic E-state index is 0.0420. The zero-order valence-electron chi connectivity index (χ0n) is 20.0. The second-order valence-electron chi connectivity index (χ2n) is 7.70. The number of rotatable bonds is 8. The van der Waals surface area contributed by atoms with Crippen molar-refractivity contribution in [3.8, 4) is 6.07 Å². The van der Waals surface area contributed by atoms with Gasteiger partial charge in [-0.3, -0.25) is 4.90 Å². The molecule has 0 aliphatic carbocycles. The van der Waals surface area contributed by atoms with E-state index in [1.54, 1.807) is 36.4 Å². The molecule has 0 radical (unpaired) electrons. The number of methoxy groups -OCH3 is 2. The van der Waals surface area contributed by atoms with Crippen LogP contribution in [0.3, 0.4) is 0 Å². The number of nitrogens with two attached hydrogens (primary N) is 1. The van der Waals surface area contributed by atoms with Gasteiger partial charge in [0.2, 0.25) is 10.0 Å². The Kier molecular flexibility index (Phi) is 8.14. The molecule has 0 fully saturated rings. The SMILES string of the molecule is CCCNS(=O)(=O)c1ccccc1N1C(N)=C(C#N)C(c2ccccc2)C(C(=O)OC)=C1C(=O)OC. The number of hydrogen-bond donors (Lipinski definition) is 2. The Morgan fingerprint density at radius 2 is 1.67 bits per heavy atom. The van der Waals surface area contributed by atoms with Crippen LogP contribution in [0.1, 0.15) is 24.8 Å². The first kappa shape index (κ1) is 26.5. The zero-order valence-corrected chi connectivity index (χ0v) is 20.8. The summed E-state index contributed by atoms with van der Waals surface area (Å²) in [6.45, 7) is 1.98. The number of benzene rings is 2. The number of nitrogens with zero attached hydrogens (tertiary/aromatic N) is 2. The molecule has 10 nitrogen and oxygen atoms in total. The van der Waals surface area contributed by atoms with E-state index in [0.717, 1.165) is 19.1 Å². The van der Waals surface area contributed by atoms with Crippen molar-refractivity contribution in [1.82, 2.24) is 4.72 Å². The van der Waals surface area contributed by atoms with Gasteiger partial charge in [-0.15, -0.1) is 0 Å². The van der Waals surface area contributed by atoms with Gasteiger partial charge in [0.25, 0.3) is 0 Å². The molecule has 188 valence electrons. The lowest BCUT2D eigenvalue weighted by molar-refractivity contribution is -0.139. The fraction of sp³-hybridized carbons (Fsp3) is 0.240. The van der Waals surface area contributed by atoms with Crippen LogP contribution in [0.4, 0.5) is 5.69 Å². The summed E-state index contributed by atoms with van der Waals surface area (Å²) in [5, 5.41) is 10.1. The van der Waals surface area contributed by atoms with Gasteiger partial charge in [-0.1, -0.05) is 49.4 Å². The lowest BCUT2D eigenvalue weighted by Crippen LogP contribution is -2.41. The Morgan fingerprint density at radius 1 is 1.06 bits per heavy atom. The molecule has 3 N–H and O–H groups in total. The third-order valence-corrected chi connectivity index (χ3v) is 7.06. The Hall–Kier alpha value is -4.14. The molecule has 0 saturated heterocycles. The second kappa shape index (κ2) is 11.1. The van der Waals surface area contributed by atoms with E-state index in [1.807, 2.05) is 13.0 Å². The van der Waals surface area contributed by atoms with Crippen LogP contribution in [0.25, 0.3) is 0 Å². The summed E-state index contributed by atoms with van der Waals surface area (Å²) < 4.78 is 38.7. The third-order valence-electron chi connectivity index (χ3n) is 5.55. The molecule has 1 aliphatic rings. The molecule has 0 bridgehead atoms. The summed E-state index contributed by atoms with van der Waals surface area (Å²) in [5.74, 6) is -3.16. The third kappa shape index (κ3) is 4.82. The van der Waals surface area contributed by atoms with Crippen LogP contribution in [-0.2, 0) is 29.1 Å². The van der Waals surface area contributed by atoms with Gasteiger partial charge in [-0.25, -0.2) is 22.7 Å². The van der Waals surface area contributed by atoms with Crippen molar-refractivity contribution in [3.05, 3.63) is 82.8 Å². The van der Waals surface area contributed by atoms with Gasteiger partial charge in [-0.05, 0) is 24.1 Å². The topological polar surface area (TPSA) is 152 Å². The molecule has 0 spiro atoms. The molecule has 1 heterocycles. The van der Waals surface area contributed by atoms with Crippen molar-refractivity contribution in [2.24, 2.45) is 5.73 Å². The lowest BCUT2D eigenvalue weighted by atomic mass is 9.81. The fourth-order valence-corrected chi connectivity index (χ4v) is 5.27. The highest BCUT2D eigenvalue weighted by Crippen LogP contribution is 2.44. The van der Waals surface area contributed by atoms with E-state index >= 15 is 0 Å². The van der Waals surface area contributed by atoms with Crippen LogP contribution in [0.2, 0.25) is 0 Å². The van der Waals surface area contributed by atoms with Gasteiger partial charge in [0.15, 0.2) is 0 Å². The standard InChI is InChI=1S/C25H26N4O6S/c1-4-14-28-36(32,33)19-13-9-8-12-18(19)29-22(25(31)35-3)21(24(30)34-2)20(17(15-26)23(29)27)16-10-6-5-7-11-16/h5-13,20,28H,4,14,27H2,1-3H3. The molecule has 36 heavy (non-hydrogen) atoms. The maximum atomic E-state index is 13.2. The number of sulfonamides is 1. The molecular formula is C25H26N4O6S. The highest BCUT2D eigenvalue weighted by atomic mass is 32.2. The molecule has 2 aromatic rings. The van der Waals surface area contributed by atoms with Gasteiger partial charge in [0.1, 0.15) is 16.4 Å². The molecule has 0 saturated carbocycles. The van der Waals surface area contributed by atoms with E-state index in [1.165, 1.54) is 18.2 Å². The number of esters is 2. The van der Waals surface area contributed by atoms with Gasteiger partial charge in [0, 0.05) is 6.54 Å². The van der Waals surface area contributed by atoms with Crippen LogP contribution in [-0.4, -0.2) is 41.1 Å². The van der Waals surface area contributed by atoms with Crippen molar-refractivity contribution in [2.75, 3.05) is 25.7 Å². The summed E-state index contributed by atoms with van der Waals surface area (Å²) in [5.41, 5.74) is 6.29.